The van der Waals surface area contributed by atoms with Crippen LogP contribution in [-0.2, 0) is 28.4 Å². The number of hydrogen-bond donors (Lipinski definition) is 3. The van der Waals surface area contributed by atoms with Gasteiger partial charge >= 0.3 is 6.03 Å². The van der Waals surface area contributed by atoms with Crippen LogP contribution in [0.25, 0.3) is 0 Å². The maximum Gasteiger partial charge on any atom is 0.326 e. The Morgan fingerprint density at radius 3 is 2.41 bits per heavy atom. The molecule has 9 heteroatoms. The number of aryl methyl sites for hydroxylation is 1. The van der Waals surface area contributed by atoms with Crippen LogP contribution in [0.1, 0.15) is 89.0 Å². The van der Waals surface area contributed by atoms with Crippen molar-refractivity contribution in [1.82, 2.24) is 3.97 Å². The summed E-state index contributed by atoms with van der Waals surface area (Å²) in [4.78, 5) is 14.2. The summed E-state index contributed by atoms with van der Waals surface area (Å²) in [6, 6.07) is 5.28. The second-order valence-electron chi connectivity index (χ2n) is 12.9. The van der Waals surface area contributed by atoms with Crippen molar-refractivity contribution in [2.75, 3.05) is 5.32 Å². The highest BCUT2D eigenvalue weighted by Crippen LogP contribution is 2.47. The fourth-order valence-corrected chi connectivity index (χ4v) is 10.8. The van der Waals surface area contributed by atoms with E-state index in [-0.39, 0.29) is 10.1 Å². The predicted molar refractivity (Wildman–Crippen MR) is 151 cm³/mol. The van der Waals surface area contributed by atoms with Crippen LogP contribution in [0.4, 0.5) is 10.5 Å². The smallest absolute Gasteiger partial charge is 0.326 e. The maximum atomic E-state index is 14.3. The molecule has 0 saturated heterocycles. The number of furan rings is 1. The molecule has 2 aliphatic carbocycles. The van der Waals surface area contributed by atoms with Crippen molar-refractivity contribution in [1.29, 1.82) is 4.78 Å². The number of urea groups is 1. The Labute approximate surface area is 223 Å². The molecule has 1 unspecified atom stereocenters. The molecule has 2 aliphatic rings. The van der Waals surface area contributed by atoms with Gasteiger partial charge in [0.05, 0.1) is 11.9 Å². The molecule has 2 aromatic rings. The van der Waals surface area contributed by atoms with E-state index in [2.05, 4.69) is 24.4 Å². The highest BCUT2D eigenvalue weighted by atomic mass is 32.2. The Balaban J connectivity index is 1.81. The van der Waals surface area contributed by atoms with Crippen molar-refractivity contribution in [2.24, 2.45) is 5.92 Å². The van der Waals surface area contributed by atoms with Gasteiger partial charge in [-0.1, -0.05) is 39.8 Å². The minimum atomic E-state index is -3.85. The van der Waals surface area contributed by atoms with Gasteiger partial charge in [0, 0.05) is 17.3 Å². The fourth-order valence-electron chi connectivity index (χ4n) is 5.09. The number of hydrogen-bond acceptors (Lipinski definition) is 5. The lowest BCUT2D eigenvalue weighted by atomic mass is 9.91. The molecule has 204 valence electrons. The number of nitrogens with one attached hydrogen (secondary N) is 2. The normalized spacial score (nSPS) is 18.7. The van der Waals surface area contributed by atoms with Crippen LogP contribution in [0.15, 0.2) is 34.0 Å². The number of aliphatic hydroxyl groups is 1. The van der Waals surface area contributed by atoms with Crippen molar-refractivity contribution >= 4 is 29.9 Å². The van der Waals surface area contributed by atoms with Crippen LogP contribution in [0.2, 0.25) is 18.1 Å². The minimum absolute atomic E-state index is 0.116. The zero-order valence-electron chi connectivity index (χ0n) is 23.5. The number of carbonyl (C=O) groups is 1. The fraction of sp³-hybridized carbons (Fsp3) is 0.607. The topological polar surface area (TPSA) is 107 Å². The van der Waals surface area contributed by atoms with Gasteiger partial charge in [-0.3, -0.25) is 3.97 Å². The Morgan fingerprint density at radius 1 is 1.22 bits per heavy atom. The first-order valence-corrected chi connectivity index (χ1v) is 17.8. The van der Waals surface area contributed by atoms with Gasteiger partial charge in [-0.25, -0.2) is 13.8 Å². The first-order valence-electron chi connectivity index (χ1n) is 13.3. The number of amides is 2. The molecule has 0 bridgehead atoms. The zero-order valence-corrected chi connectivity index (χ0v) is 25.3. The molecule has 1 aromatic heterocycles. The lowest BCUT2D eigenvalue weighted by Gasteiger charge is -2.45. The third-order valence-corrected chi connectivity index (χ3v) is 17.2. The summed E-state index contributed by atoms with van der Waals surface area (Å²) < 4.78 is 30.3. The van der Waals surface area contributed by atoms with E-state index in [9.17, 15) is 14.1 Å². The standard InChI is InChI=1S/C28H43N3O4SSi/c1-18(19-12-13-19)22-15-14-20-10-9-11-23(20)25(22)30-26(32)31(37(7,8)27(2,3)4)36(29,34)24-16-21(17-35-24)28(5,6)33/h14-19,29,33H,9-13H2,1-8H3,(H,30,32)/t18?,36-/m0/s1. The van der Waals surface area contributed by atoms with Crippen LogP contribution in [-0.4, -0.2) is 27.6 Å². The summed E-state index contributed by atoms with van der Waals surface area (Å²) in [5.74, 6) is 0.942. The van der Waals surface area contributed by atoms with Crippen molar-refractivity contribution in [3.05, 3.63) is 46.7 Å². The van der Waals surface area contributed by atoms with Crippen molar-refractivity contribution in [3.63, 3.8) is 0 Å². The van der Waals surface area contributed by atoms with Crippen LogP contribution in [0.5, 0.6) is 0 Å². The van der Waals surface area contributed by atoms with Gasteiger partial charge in [0.2, 0.25) is 5.09 Å². The van der Waals surface area contributed by atoms with Gasteiger partial charge < -0.3 is 14.8 Å². The number of benzene rings is 1. The van der Waals surface area contributed by atoms with E-state index in [1.807, 2.05) is 33.9 Å². The summed E-state index contributed by atoms with van der Waals surface area (Å²) in [5.41, 5.74) is 3.60. The Kier molecular flexibility index (Phi) is 7.00. The molecule has 1 fully saturated rings. The van der Waals surface area contributed by atoms with E-state index in [4.69, 9.17) is 9.20 Å². The molecule has 1 heterocycles. The highest BCUT2D eigenvalue weighted by Gasteiger charge is 2.50. The minimum Gasteiger partial charge on any atom is -0.452 e. The molecule has 4 rings (SSSR count). The third kappa shape index (κ3) is 5.14. The molecule has 1 saturated carbocycles. The number of carbonyl (C=O) groups excluding carboxylic acids is 1. The summed E-state index contributed by atoms with van der Waals surface area (Å²) in [6.07, 6.45) is 6.66. The highest BCUT2D eigenvalue weighted by molar-refractivity contribution is 7.92. The van der Waals surface area contributed by atoms with Crippen LogP contribution < -0.4 is 5.32 Å². The van der Waals surface area contributed by atoms with Crippen LogP contribution >= 0.6 is 0 Å². The van der Waals surface area contributed by atoms with E-state index in [0.29, 0.717) is 17.4 Å². The van der Waals surface area contributed by atoms with E-state index in [1.165, 1.54) is 40.3 Å². The lowest BCUT2D eigenvalue weighted by molar-refractivity contribution is 0.0779. The number of anilines is 1. The molecular formula is C28H43N3O4SSi. The maximum absolute atomic E-state index is 14.3. The van der Waals surface area contributed by atoms with Gasteiger partial charge in [-0.05, 0) is 92.6 Å². The molecule has 3 N–H and O–H groups in total. The summed E-state index contributed by atoms with van der Waals surface area (Å²) in [6.45, 7) is 15.5. The molecule has 37 heavy (non-hydrogen) atoms. The largest absolute Gasteiger partial charge is 0.452 e. The first-order chi connectivity index (χ1) is 17.0. The molecule has 1 aromatic carbocycles. The first kappa shape index (κ1) is 27.9. The monoisotopic (exact) mass is 545 g/mol. The summed E-state index contributed by atoms with van der Waals surface area (Å²) in [7, 11) is -6.70. The van der Waals surface area contributed by atoms with Crippen LogP contribution in [0.3, 0.4) is 0 Å². The SMILES string of the molecule is CC(c1ccc2c(c1NC(=O)N([Si](C)(C)C(C)(C)C)[S@](=N)(=O)c1cc(C(C)(C)O)co1)CCC2)C1CC1. The van der Waals surface area contributed by atoms with E-state index in [0.717, 1.165) is 30.5 Å². The Bertz CT molecular complexity index is 1300. The molecular weight excluding hydrogens is 502 g/mol. The van der Waals surface area contributed by atoms with Gasteiger partial charge in [0.15, 0.2) is 18.2 Å². The van der Waals surface area contributed by atoms with Crippen LogP contribution in [0, 0.1) is 10.7 Å². The van der Waals surface area contributed by atoms with Gasteiger partial charge in [0.25, 0.3) is 0 Å². The van der Waals surface area contributed by atoms with Gasteiger partial charge in [-0.15, -0.1) is 0 Å². The lowest BCUT2D eigenvalue weighted by Crippen LogP contribution is -2.60. The Morgan fingerprint density at radius 2 is 1.86 bits per heavy atom. The molecule has 0 spiro atoms. The number of fused-ring (bicyclic) bond motifs is 1. The van der Waals surface area contributed by atoms with Gasteiger partial charge in [0.1, 0.15) is 0 Å². The summed E-state index contributed by atoms with van der Waals surface area (Å²) >= 11 is 0. The number of rotatable bonds is 7. The molecule has 2 atom stereocenters. The Hall–Kier alpha value is -2.10. The number of nitrogens with zero attached hydrogens (tertiary/aromatic N) is 1. The van der Waals surface area contributed by atoms with E-state index in [1.54, 1.807) is 13.8 Å². The predicted octanol–water partition coefficient (Wildman–Crippen LogP) is 7.37. The van der Waals surface area contributed by atoms with Gasteiger partial charge in [-0.2, -0.15) is 0 Å². The molecule has 7 nitrogen and oxygen atoms in total. The molecule has 0 aliphatic heterocycles. The van der Waals surface area contributed by atoms with Crippen molar-refractivity contribution < 1.29 is 18.5 Å². The van der Waals surface area contributed by atoms with Crippen molar-refractivity contribution in [2.45, 2.75) is 108 Å². The summed E-state index contributed by atoms with van der Waals surface area (Å²) in [5, 5.41) is 13.1. The average Bonchev–Trinajstić information content (AvgIpc) is 3.27. The van der Waals surface area contributed by atoms with Crippen molar-refractivity contribution in [3.8, 4) is 0 Å². The third-order valence-electron chi connectivity index (χ3n) is 8.71. The quantitative estimate of drug-likeness (QED) is 0.316. The molecule has 2 amide bonds. The average molecular weight is 546 g/mol. The second kappa shape index (κ2) is 9.27. The molecule has 0 radical (unpaired) electrons. The van der Waals surface area contributed by atoms with E-state index < -0.39 is 29.8 Å². The zero-order chi connectivity index (χ0) is 27.6. The van der Waals surface area contributed by atoms with E-state index >= 15 is 0 Å². The second-order valence-corrected chi connectivity index (χ2v) is 20.1.